The zero-order valence-electron chi connectivity index (χ0n) is 15.4. The maximum atomic E-state index is 12.7. The minimum Gasteiger partial charge on any atom is -0.342 e. The predicted octanol–water partition coefficient (Wildman–Crippen LogP) is 1.44. The van der Waals surface area contributed by atoms with Gasteiger partial charge in [-0.2, -0.15) is 0 Å². The lowest BCUT2D eigenvalue weighted by Gasteiger charge is -2.34. The van der Waals surface area contributed by atoms with Gasteiger partial charge in [-0.1, -0.05) is 0 Å². The van der Waals surface area contributed by atoms with E-state index >= 15 is 0 Å². The molecule has 1 aliphatic carbocycles. The van der Waals surface area contributed by atoms with Crippen molar-refractivity contribution in [3.8, 4) is 0 Å². The molecule has 2 heterocycles. The molecule has 1 N–H and O–H groups in total. The van der Waals surface area contributed by atoms with Crippen LogP contribution >= 0.6 is 0 Å². The Labute approximate surface area is 153 Å². The number of likely N-dealkylation sites (tertiary alicyclic amines) is 1. The number of anilines is 1. The highest BCUT2D eigenvalue weighted by atomic mass is 16.2. The molecule has 1 atom stereocenters. The van der Waals surface area contributed by atoms with Crippen molar-refractivity contribution in [1.29, 1.82) is 0 Å². The normalized spacial score (nSPS) is 19.8. The lowest BCUT2D eigenvalue weighted by atomic mass is 9.96. The fourth-order valence-electron chi connectivity index (χ4n) is 3.36. The Balaban J connectivity index is 1.51. The van der Waals surface area contributed by atoms with E-state index in [-0.39, 0.29) is 36.1 Å². The van der Waals surface area contributed by atoms with Crippen molar-refractivity contribution in [3.63, 3.8) is 0 Å². The summed E-state index contributed by atoms with van der Waals surface area (Å²) in [4.78, 5) is 44.5. The summed E-state index contributed by atoms with van der Waals surface area (Å²) in [5.74, 6) is 0.269. The topological polar surface area (TPSA) is 82.6 Å². The van der Waals surface area contributed by atoms with Crippen LogP contribution < -0.4 is 5.32 Å². The van der Waals surface area contributed by atoms with Gasteiger partial charge in [-0.15, -0.1) is 0 Å². The zero-order chi connectivity index (χ0) is 18.7. The molecule has 0 radical (unpaired) electrons. The molecule has 0 bridgehead atoms. The van der Waals surface area contributed by atoms with Crippen molar-refractivity contribution < 1.29 is 14.4 Å². The highest BCUT2D eigenvalue weighted by molar-refractivity contribution is 5.94. The van der Waals surface area contributed by atoms with E-state index in [1.165, 1.54) is 4.90 Å². The van der Waals surface area contributed by atoms with Crippen molar-refractivity contribution in [2.75, 3.05) is 32.0 Å². The van der Waals surface area contributed by atoms with Gasteiger partial charge in [0.05, 0.1) is 12.5 Å². The molecule has 1 aromatic rings. The van der Waals surface area contributed by atoms with Gasteiger partial charge in [-0.05, 0) is 50.3 Å². The third-order valence-corrected chi connectivity index (χ3v) is 4.95. The van der Waals surface area contributed by atoms with Crippen LogP contribution in [0.25, 0.3) is 0 Å². The Bertz CT molecular complexity index is 702. The first-order valence-corrected chi connectivity index (χ1v) is 9.20. The first kappa shape index (κ1) is 18.4. The third kappa shape index (κ3) is 4.59. The largest absolute Gasteiger partial charge is 0.342 e. The van der Waals surface area contributed by atoms with Gasteiger partial charge in [-0.3, -0.25) is 14.4 Å². The average molecular weight is 358 g/mol. The lowest BCUT2D eigenvalue weighted by molar-refractivity contribution is -0.142. The SMILES string of the molecule is Cc1ccnc(NC(=O)CN(C)C(=O)C2CCCN(C(=O)C3CC3)C2)c1. The van der Waals surface area contributed by atoms with Crippen molar-refractivity contribution in [1.82, 2.24) is 14.8 Å². The predicted molar refractivity (Wildman–Crippen MR) is 97.3 cm³/mol. The van der Waals surface area contributed by atoms with Crippen LogP contribution in [0.4, 0.5) is 5.82 Å². The Morgan fingerprint density at radius 3 is 2.73 bits per heavy atom. The Hall–Kier alpha value is -2.44. The van der Waals surface area contributed by atoms with Crippen LogP contribution in [0, 0.1) is 18.8 Å². The molecular weight excluding hydrogens is 332 g/mol. The van der Waals surface area contributed by atoms with Crippen molar-refractivity contribution in [3.05, 3.63) is 23.9 Å². The van der Waals surface area contributed by atoms with Crippen LogP contribution in [-0.4, -0.2) is 59.2 Å². The number of aryl methyl sites for hydroxylation is 1. The van der Waals surface area contributed by atoms with Gasteiger partial charge in [0.1, 0.15) is 5.82 Å². The maximum Gasteiger partial charge on any atom is 0.245 e. The van der Waals surface area contributed by atoms with E-state index in [4.69, 9.17) is 0 Å². The summed E-state index contributed by atoms with van der Waals surface area (Å²) in [6, 6.07) is 3.63. The number of carbonyl (C=O) groups is 3. The van der Waals surface area contributed by atoms with Crippen LogP contribution in [0.5, 0.6) is 0 Å². The molecule has 1 saturated heterocycles. The summed E-state index contributed by atoms with van der Waals surface area (Å²) < 4.78 is 0. The van der Waals surface area contributed by atoms with E-state index in [0.717, 1.165) is 37.8 Å². The molecule has 140 valence electrons. The Kier molecular flexibility index (Phi) is 5.54. The first-order chi connectivity index (χ1) is 12.4. The third-order valence-electron chi connectivity index (χ3n) is 4.95. The number of piperidine rings is 1. The zero-order valence-corrected chi connectivity index (χ0v) is 15.4. The lowest BCUT2D eigenvalue weighted by Crippen LogP contribution is -2.47. The Morgan fingerprint density at radius 1 is 1.27 bits per heavy atom. The van der Waals surface area contributed by atoms with Crippen molar-refractivity contribution in [2.45, 2.75) is 32.6 Å². The number of pyridine rings is 1. The molecule has 2 fully saturated rings. The van der Waals surface area contributed by atoms with Gasteiger partial charge >= 0.3 is 0 Å². The molecule has 7 nitrogen and oxygen atoms in total. The highest BCUT2D eigenvalue weighted by Crippen LogP contribution is 2.32. The summed E-state index contributed by atoms with van der Waals surface area (Å²) in [7, 11) is 1.63. The minimum absolute atomic E-state index is 0.0263. The van der Waals surface area contributed by atoms with Gasteiger partial charge < -0.3 is 15.1 Å². The molecule has 0 spiro atoms. The second-order valence-electron chi connectivity index (χ2n) is 7.36. The molecule has 1 aliphatic heterocycles. The number of rotatable bonds is 5. The van der Waals surface area contributed by atoms with E-state index in [0.29, 0.717) is 12.4 Å². The molecule has 1 unspecified atom stereocenters. The summed E-state index contributed by atoms with van der Waals surface area (Å²) in [5.41, 5.74) is 1.00. The van der Waals surface area contributed by atoms with Crippen LogP contribution in [-0.2, 0) is 14.4 Å². The molecule has 7 heteroatoms. The summed E-state index contributed by atoms with van der Waals surface area (Å²) in [5, 5.41) is 2.71. The van der Waals surface area contributed by atoms with E-state index in [2.05, 4.69) is 10.3 Å². The van der Waals surface area contributed by atoms with Crippen LogP contribution in [0.15, 0.2) is 18.3 Å². The summed E-state index contributed by atoms with van der Waals surface area (Å²) >= 11 is 0. The van der Waals surface area contributed by atoms with E-state index in [9.17, 15) is 14.4 Å². The number of nitrogens with zero attached hydrogens (tertiary/aromatic N) is 3. The van der Waals surface area contributed by atoms with E-state index in [1.807, 2.05) is 17.9 Å². The van der Waals surface area contributed by atoms with Gasteiger partial charge in [0.25, 0.3) is 0 Å². The molecule has 3 amide bonds. The van der Waals surface area contributed by atoms with Crippen molar-refractivity contribution in [2.24, 2.45) is 11.8 Å². The average Bonchev–Trinajstić information content (AvgIpc) is 3.45. The molecule has 1 saturated carbocycles. The van der Waals surface area contributed by atoms with E-state index in [1.54, 1.807) is 19.3 Å². The number of nitrogens with one attached hydrogen (secondary N) is 1. The molecule has 2 aliphatic rings. The number of hydrogen-bond donors (Lipinski definition) is 1. The van der Waals surface area contributed by atoms with Gasteiger partial charge in [0.2, 0.25) is 17.7 Å². The fourth-order valence-corrected chi connectivity index (χ4v) is 3.36. The molecule has 26 heavy (non-hydrogen) atoms. The minimum atomic E-state index is -0.277. The molecule has 0 aromatic carbocycles. The van der Waals surface area contributed by atoms with Gasteiger partial charge in [-0.25, -0.2) is 4.98 Å². The number of likely N-dealkylation sites (N-methyl/N-ethyl adjacent to an activating group) is 1. The van der Waals surface area contributed by atoms with Gasteiger partial charge in [0, 0.05) is 32.3 Å². The fraction of sp³-hybridized carbons (Fsp3) is 0.579. The van der Waals surface area contributed by atoms with Crippen LogP contribution in [0.3, 0.4) is 0 Å². The molecule has 3 rings (SSSR count). The number of aromatic nitrogens is 1. The highest BCUT2D eigenvalue weighted by Gasteiger charge is 2.37. The summed E-state index contributed by atoms with van der Waals surface area (Å²) in [6.45, 7) is 3.11. The van der Waals surface area contributed by atoms with Gasteiger partial charge in [0.15, 0.2) is 0 Å². The van der Waals surface area contributed by atoms with Crippen LogP contribution in [0.2, 0.25) is 0 Å². The van der Waals surface area contributed by atoms with E-state index < -0.39 is 0 Å². The smallest absolute Gasteiger partial charge is 0.245 e. The monoisotopic (exact) mass is 358 g/mol. The molecule has 1 aromatic heterocycles. The number of hydrogen-bond acceptors (Lipinski definition) is 4. The van der Waals surface area contributed by atoms with Crippen LogP contribution in [0.1, 0.15) is 31.2 Å². The quantitative estimate of drug-likeness (QED) is 0.863. The first-order valence-electron chi connectivity index (χ1n) is 9.20. The second-order valence-corrected chi connectivity index (χ2v) is 7.36. The molecular formula is C19H26N4O3. The second kappa shape index (κ2) is 7.85. The van der Waals surface area contributed by atoms with Crippen molar-refractivity contribution >= 4 is 23.5 Å². The summed E-state index contributed by atoms with van der Waals surface area (Å²) in [6.07, 6.45) is 5.18. The maximum absolute atomic E-state index is 12.7. The standard InChI is InChI=1S/C19H26N4O3/c1-13-7-8-20-16(10-13)21-17(24)12-22(2)18(25)15-4-3-9-23(11-15)19(26)14-5-6-14/h7-8,10,14-15H,3-6,9,11-12H2,1-2H3,(H,20,21,24). The number of carbonyl (C=O) groups excluding carboxylic acids is 3. The number of amides is 3. The Morgan fingerprint density at radius 2 is 2.04 bits per heavy atom.